The van der Waals surface area contributed by atoms with Crippen LogP contribution in [0.4, 0.5) is 15.8 Å². The minimum Gasteiger partial charge on any atom is -0.321 e. The van der Waals surface area contributed by atoms with E-state index in [1.54, 1.807) is 12.1 Å². The van der Waals surface area contributed by atoms with Gasteiger partial charge in [0.25, 0.3) is 11.8 Å². The number of carbonyl (C=O) groups excluding carboxylic acids is 2. The Bertz CT molecular complexity index is 912. The Morgan fingerprint density at radius 2 is 1.70 bits per heavy atom. The molecule has 2 aliphatic rings. The fraction of sp³-hybridized carbons (Fsp3) is 0.391. The first-order chi connectivity index (χ1) is 14.6. The van der Waals surface area contributed by atoms with Crippen LogP contribution in [0.5, 0.6) is 0 Å². The number of rotatable bonds is 5. The molecule has 0 bridgehead atoms. The van der Waals surface area contributed by atoms with Crippen molar-refractivity contribution in [2.45, 2.75) is 12.8 Å². The number of piperazine rings is 1. The number of quaternary nitrogens is 2. The van der Waals surface area contributed by atoms with E-state index in [9.17, 15) is 14.0 Å². The first-order valence-corrected chi connectivity index (χ1v) is 10.7. The van der Waals surface area contributed by atoms with Crippen LogP contribution in [-0.4, -0.2) is 57.6 Å². The zero-order chi connectivity index (χ0) is 20.9. The van der Waals surface area contributed by atoms with Crippen molar-refractivity contribution in [2.24, 2.45) is 0 Å². The number of hydrogen-bond donors (Lipinski definition) is 3. The van der Waals surface area contributed by atoms with Crippen LogP contribution in [-0.2, 0) is 16.0 Å². The molecule has 7 heteroatoms. The summed E-state index contributed by atoms with van der Waals surface area (Å²) in [6, 6.07) is 14.1. The highest BCUT2D eigenvalue weighted by molar-refractivity contribution is 5.95. The summed E-state index contributed by atoms with van der Waals surface area (Å²) >= 11 is 0. The number of benzene rings is 2. The number of para-hydroxylation sites is 1. The molecule has 2 aliphatic heterocycles. The zero-order valence-corrected chi connectivity index (χ0v) is 17.1. The van der Waals surface area contributed by atoms with Crippen molar-refractivity contribution < 1.29 is 23.8 Å². The Morgan fingerprint density at radius 3 is 2.47 bits per heavy atom. The lowest BCUT2D eigenvalue weighted by atomic mass is 10.0. The van der Waals surface area contributed by atoms with Crippen LogP contribution in [0.3, 0.4) is 0 Å². The summed E-state index contributed by atoms with van der Waals surface area (Å²) in [6.07, 6.45) is 2.04. The number of anilines is 2. The first kappa shape index (κ1) is 20.5. The van der Waals surface area contributed by atoms with E-state index >= 15 is 0 Å². The molecular formula is C23H29FN4O2+2. The molecule has 0 aromatic heterocycles. The molecule has 1 saturated heterocycles. The highest BCUT2D eigenvalue weighted by atomic mass is 19.1. The fourth-order valence-corrected chi connectivity index (χ4v) is 4.41. The maximum Gasteiger partial charge on any atom is 0.282 e. The monoisotopic (exact) mass is 412 g/mol. The Labute approximate surface area is 176 Å². The Balaban J connectivity index is 1.24. The molecule has 2 amide bonds. The second-order valence-electron chi connectivity index (χ2n) is 8.19. The van der Waals surface area contributed by atoms with Crippen molar-refractivity contribution in [3.8, 4) is 0 Å². The van der Waals surface area contributed by atoms with Crippen molar-refractivity contribution in [1.82, 2.24) is 0 Å². The minimum atomic E-state index is -0.363. The summed E-state index contributed by atoms with van der Waals surface area (Å²) in [5, 5.41) is 2.76. The molecule has 4 rings (SSSR count). The molecule has 1 fully saturated rings. The van der Waals surface area contributed by atoms with Gasteiger partial charge in [-0.05, 0) is 42.7 Å². The molecule has 0 aliphatic carbocycles. The van der Waals surface area contributed by atoms with Gasteiger partial charge in [-0.15, -0.1) is 0 Å². The summed E-state index contributed by atoms with van der Waals surface area (Å²) in [5.41, 5.74) is 2.80. The average Bonchev–Trinajstić information content (AvgIpc) is 2.74. The third kappa shape index (κ3) is 5.04. The molecule has 2 aromatic carbocycles. The SMILES string of the molecule is O=C(C[NH+]1CC[NH+](CC(=O)N2CCCc3ccccc32)CC1)Nc1cccc(F)c1. The lowest BCUT2D eigenvalue weighted by Gasteiger charge is -2.32. The highest BCUT2D eigenvalue weighted by Gasteiger charge is 2.29. The van der Waals surface area contributed by atoms with Crippen molar-refractivity contribution in [3.63, 3.8) is 0 Å². The predicted molar refractivity (Wildman–Crippen MR) is 113 cm³/mol. The number of nitrogens with one attached hydrogen (secondary N) is 3. The summed E-state index contributed by atoms with van der Waals surface area (Å²) in [7, 11) is 0. The molecule has 2 aromatic rings. The Kier molecular flexibility index (Phi) is 6.40. The van der Waals surface area contributed by atoms with Crippen LogP contribution in [0.1, 0.15) is 12.0 Å². The molecule has 30 heavy (non-hydrogen) atoms. The molecule has 158 valence electrons. The van der Waals surface area contributed by atoms with Crippen molar-refractivity contribution in [1.29, 1.82) is 0 Å². The van der Waals surface area contributed by atoms with E-state index in [4.69, 9.17) is 0 Å². The molecule has 0 radical (unpaired) electrons. The number of carbonyl (C=O) groups is 2. The molecule has 6 nitrogen and oxygen atoms in total. The summed E-state index contributed by atoms with van der Waals surface area (Å²) in [5.74, 6) is -0.289. The molecule has 0 atom stereocenters. The van der Waals surface area contributed by atoms with Gasteiger partial charge in [-0.2, -0.15) is 0 Å². The smallest absolute Gasteiger partial charge is 0.282 e. The van der Waals surface area contributed by atoms with Crippen molar-refractivity contribution in [3.05, 3.63) is 59.9 Å². The molecule has 0 unspecified atom stereocenters. The lowest BCUT2D eigenvalue weighted by Crippen LogP contribution is -3.28. The first-order valence-electron chi connectivity index (χ1n) is 10.7. The van der Waals surface area contributed by atoms with Crippen LogP contribution < -0.4 is 20.0 Å². The van der Waals surface area contributed by atoms with Gasteiger partial charge in [0.2, 0.25) is 0 Å². The van der Waals surface area contributed by atoms with Crippen LogP contribution in [0.15, 0.2) is 48.5 Å². The van der Waals surface area contributed by atoms with Gasteiger partial charge in [0.05, 0.1) is 0 Å². The minimum absolute atomic E-state index is 0.111. The van der Waals surface area contributed by atoms with Gasteiger partial charge < -0.3 is 20.0 Å². The van der Waals surface area contributed by atoms with Gasteiger partial charge in [-0.3, -0.25) is 9.59 Å². The maximum atomic E-state index is 13.2. The third-order valence-corrected chi connectivity index (χ3v) is 6.00. The summed E-state index contributed by atoms with van der Waals surface area (Å²) in [4.78, 5) is 29.6. The van der Waals surface area contributed by atoms with Crippen LogP contribution in [0.25, 0.3) is 0 Å². The highest BCUT2D eigenvalue weighted by Crippen LogP contribution is 2.26. The standard InChI is InChI=1S/C23H27FN4O2/c24-19-7-3-8-20(15-19)25-22(29)16-26-11-13-27(14-12-26)17-23(30)28-10-4-6-18-5-1-2-9-21(18)28/h1-3,5,7-9,15H,4,6,10-14,16-17H2,(H,25,29)/p+2. The summed E-state index contributed by atoms with van der Waals surface area (Å²) in [6.45, 7) is 5.06. The van der Waals surface area contributed by atoms with Crippen molar-refractivity contribution >= 4 is 23.2 Å². The Hall–Kier alpha value is -2.77. The number of aryl methyl sites for hydroxylation is 1. The second kappa shape index (κ2) is 9.36. The zero-order valence-electron chi connectivity index (χ0n) is 17.1. The van der Waals surface area contributed by atoms with Crippen LogP contribution >= 0.6 is 0 Å². The maximum absolute atomic E-state index is 13.2. The van der Waals surface area contributed by atoms with Gasteiger partial charge >= 0.3 is 0 Å². The van der Waals surface area contributed by atoms with Gasteiger partial charge in [0.1, 0.15) is 32.0 Å². The molecule has 0 spiro atoms. The number of halogens is 1. The quantitative estimate of drug-likeness (QED) is 0.622. The van der Waals surface area contributed by atoms with Crippen LogP contribution in [0, 0.1) is 5.82 Å². The molecule has 3 N–H and O–H groups in total. The number of fused-ring (bicyclic) bond motifs is 1. The number of amides is 2. The topological polar surface area (TPSA) is 58.3 Å². The Morgan fingerprint density at radius 1 is 0.967 bits per heavy atom. The number of hydrogen-bond acceptors (Lipinski definition) is 2. The lowest BCUT2D eigenvalue weighted by molar-refractivity contribution is -1.00. The number of nitrogens with zero attached hydrogens (tertiary/aromatic N) is 1. The van der Waals surface area contributed by atoms with Gasteiger partial charge in [0.15, 0.2) is 13.1 Å². The fourth-order valence-electron chi connectivity index (χ4n) is 4.41. The van der Waals surface area contributed by atoms with Crippen molar-refractivity contribution in [2.75, 3.05) is 56.0 Å². The average molecular weight is 413 g/mol. The molecular weight excluding hydrogens is 383 g/mol. The van der Waals surface area contributed by atoms with E-state index in [2.05, 4.69) is 11.4 Å². The molecule has 0 saturated carbocycles. The van der Waals surface area contributed by atoms with E-state index in [0.29, 0.717) is 18.8 Å². The molecule has 2 heterocycles. The van der Waals surface area contributed by atoms with E-state index in [0.717, 1.165) is 51.3 Å². The summed E-state index contributed by atoms with van der Waals surface area (Å²) < 4.78 is 13.2. The van der Waals surface area contributed by atoms with Gasteiger partial charge in [-0.1, -0.05) is 24.3 Å². The van der Waals surface area contributed by atoms with Gasteiger partial charge in [0, 0.05) is 17.9 Å². The largest absolute Gasteiger partial charge is 0.321 e. The van der Waals surface area contributed by atoms with Crippen LogP contribution in [0.2, 0.25) is 0 Å². The predicted octanol–water partition coefficient (Wildman–Crippen LogP) is -0.473. The van der Waals surface area contributed by atoms with E-state index in [-0.39, 0.29) is 17.6 Å². The normalized spacial score (nSPS) is 21.0. The van der Waals surface area contributed by atoms with E-state index in [1.807, 2.05) is 23.1 Å². The van der Waals surface area contributed by atoms with E-state index in [1.165, 1.54) is 27.5 Å². The second-order valence-corrected chi connectivity index (χ2v) is 8.19. The van der Waals surface area contributed by atoms with E-state index < -0.39 is 0 Å². The third-order valence-electron chi connectivity index (χ3n) is 6.00. The van der Waals surface area contributed by atoms with Gasteiger partial charge in [-0.25, -0.2) is 4.39 Å².